The molecule has 4 rings (SSSR count). The summed E-state index contributed by atoms with van der Waals surface area (Å²) in [6.07, 6.45) is -4.16. The Kier molecular flexibility index (Phi) is 5.97. The largest absolute Gasteiger partial charge is 0.433 e. The van der Waals surface area contributed by atoms with Gasteiger partial charge < -0.3 is 4.90 Å². The smallest absolute Gasteiger partial charge is 0.336 e. The van der Waals surface area contributed by atoms with Crippen LogP contribution in [-0.4, -0.2) is 53.6 Å². The molecule has 9 nitrogen and oxygen atoms in total. The second-order valence-corrected chi connectivity index (χ2v) is 7.38. The Labute approximate surface area is 192 Å². The van der Waals surface area contributed by atoms with Gasteiger partial charge in [0.2, 0.25) is 0 Å². The van der Waals surface area contributed by atoms with Crippen molar-refractivity contribution in [2.75, 3.05) is 13.1 Å². The molecule has 15 heteroatoms. The number of hydrogen-bond acceptors (Lipinski definition) is 7. The fraction of sp³-hybridized carbons (Fsp3) is 0.250. The zero-order chi connectivity index (χ0) is 25.4. The summed E-state index contributed by atoms with van der Waals surface area (Å²) in [7, 11) is 0. The lowest BCUT2D eigenvalue weighted by molar-refractivity contribution is -0.150. The van der Waals surface area contributed by atoms with Gasteiger partial charge >= 0.3 is 12.4 Å². The van der Waals surface area contributed by atoms with Gasteiger partial charge in [-0.1, -0.05) is 0 Å². The highest BCUT2D eigenvalue weighted by Gasteiger charge is 2.39. The number of hydrogen-bond donors (Lipinski definition) is 0. The number of halogens is 6. The first-order valence-electron chi connectivity index (χ1n) is 9.70. The van der Waals surface area contributed by atoms with E-state index >= 15 is 0 Å². The molecule has 0 unspecified atom stereocenters. The molecule has 0 spiro atoms. The fourth-order valence-electron chi connectivity index (χ4n) is 3.14. The summed E-state index contributed by atoms with van der Waals surface area (Å²) < 4.78 is 79.7. The number of likely N-dealkylation sites (tertiary alicyclic amines) is 1. The van der Waals surface area contributed by atoms with Crippen LogP contribution in [0.5, 0.6) is 0 Å². The van der Waals surface area contributed by atoms with Crippen LogP contribution in [0.3, 0.4) is 0 Å². The quantitative estimate of drug-likeness (QED) is 0.405. The zero-order valence-electron chi connectivity index (χ0n) is 17.3. The fourth-order valence-corrected chi connectivity index (χ4v) is 3.14. The van der Waals surface area contributed by atoms with Gasteiger partial charge in [-0.15, -0.1) is 5.10 Å². The first kappa shape index (κ1) is 23.8. The van der Waals surface area contributed by atoms with E-state index in [2.05, 4.69) is 25.0 Å². The molecule has 1 fully saturated rings. The summed E-state index contributed by atoms with van der Waals surface area (Å²) in [6, 6.07) is 2.84. The van der Waals surface area contributed by atoms with Crippen LogP contribution in [0.2, 0.25) is 0 Å². The number of pyridine rings is 1. The summed E-state index contributed by atoms with van der Waals surface area (Å²) in [5, 5.41) is 12.8. The van der Waals surface area contributed by atoms with Gasteiger partial charge in [-0.3, -0.25) is 4.79 Å². The Bertz CT molecular complexity index is 1290. The summed E-state index contributed by atoms with van der Waals surface area (Å²) in [5.74, 6) is -1.27. The molecule has 1 aliphatic rings. The lowest BCUT2D eigenvalue weighted by Crippen LogP contribution is -2.49. The zero-order valence-corrected chi connectivity index (χ0v) is 17.3. The number of nitriles is 1. The Morgan fingerprint density at radius 3 is 2.20 bits per heavy atom. The van der Waals surface area contributed by atoms with Crippen LogP contribution in [0.4, 0.5) is 26.3 Å². The number of rotatable bonds is 4. The minimum atomic E-state index is -5.14. The lowest BCUT2D eigenvalue weighted by Gasteiger charge is -2.35. The highest BCUT2D eigenvalue weighted by atomic mass is 19.4. The van der Waals surface area contributed by atoms with E-state index in [9.17, 15) is 31.1 Å². The Hall–Kier alpha value is -4.35. The minimum Gasteiger partial charge on any atom is -0.336 e. The number of amides is 1. The van der Waals surface area contributed by atoms with Crippen molar-refractivity contribution in [2.45, 2.75) is 12.4 Å². The van der Waals surface area contributed by atoms with Crippen LogP contribution in [0, 0.1) is 17.2 Å². The lowest BCUT2D eigenvalue weighted by atomic mass is 9.99. The van der Waals surface area contributed by atoms with E-state index < -0.39 is 41.0 Å². The van der Waals surface area contributed by atoms with Gasteiger partial charge in [-0.2, -0.15) is 31.6 Å². The molecule has 0 saturated carbocycles. The summed E-state index contributed by atoms with van der Waals surface area (Å²) >= 11 is 0. The molecule has 4 heterocycles. The van der Waals surface area contributed by atoms with Gasteiger partial charge in [0.25, 0.3) is 5.91 Å². The number of alkyl halides is 6. The number of carbonyl (C=O) groups excluding carboxylic acids is 1. The molecular weight excluding hydrogens is 482 g/mol. The van der Waals surface area contributed by atoms with Crippen molar-refractivity contribution in [3.05, 3.63) is 54.1 Å². The average Bonchev–Trinajstić information content (AvgIpc) is 3.24. The monoisotopic (exact) mass is 494 g/mol. The van der Waals surface area contributed by atoms with Crippen LogP contribution in [-0.2, 0) is 17.1 Å². The topological polar surface area (TPSA) is 113 Å². The second kappa shape index (κ2) is 8.78. The van der Waals surface area contributed by atoms with E-state index in [1.165, 1.54) is 29.8 Å². The van der Waals surface area contributed by atoms with E-state index in [1.54, 1.807) is 0 Å². The molecule has 0 aliphatic carbocycles. The maximum Gasteiger partial charge on any atom is 0.433 e. The number of carbonyl (C=O) groups is 1. The van der Waals surface area contributed by atoms with Crippen LogP contribution in [0.25, 0.3) is 23.2 Å². The molecule has 0 aromatic carbocycles. The van der Waals surface area contributed by atoms with Crippen LogP contribution in [0.1, 0.15) is 17.0 Å². The summed E-state index contributed by atoms with van der Waals surface area (Å²) in [4.78, 5) is 28.5. The van der Waals surface area contributed by atoms with E-state index in [4.69, 9.17) is 5.26 Å². The maximum absolute atomic E-state index is 13.1. The predicted molar refractivity (Wildman–Crippen MR) is 105 cm³/mol. The number of aromatic nitrogens is 6. The van der Waals surface area contributed by atoms with Crippen molar-refractivity contribution in [3.8, 4) is 17.5 Å². The first-order valence-corrected chi connectivity index (χ1v) is 9.70. The first-order chi connectivity index (χ1) is 16.5. The summed E-state index contributed by atoms with van der Waals surface area (Å²) in [6.45, 7) is 0.390. The van der Waals surface area contributed by atoms with Crippen molar-refractivity contribution in [3.63, 3.8) is 0 Å². The van der Waals surface area contributed by atoms with Gasteiger partial charge in [-0.25, -0.2) is 24.6 Å². The molecule has 1 saturated heterocycles. The highest BCUT2D eigenvalue weighted by Crippen LogP contribution is 2.35. The van der Waals surface area contributed by atoms with Crippen molar-refractivity contribution >= 4 is 17.7 Å². The molecule has 0 radical (unpaired) electrons. The van der Waals surface area contributed by atoms with Crippen molar-refractivity contribution in [2.24, 2.45) is 5.92 Å². The van der Waals surface area contributed by atoms with E-state index in [1.807, 2.05) is 6.07 Å². The normalized spacial score (nSPS) is 15.0. The molecular formula is C20H12F6N8O. The SMILES string of the molecule is N#CC1CN(C(=O)/C(=C/n2cnc(-c3cc(C(F)(F)F)nc(C(F)(F)F)c3)n2)c2cncnc2)C1. The van der Waals surface area contributed by atoms with E-state index in [0.717, 1.165) is 11.0 Å². The van der Waals surface area contributed by atoms with E-state index in [0.29, 0.717) is 12.1 Å². The van der Waals surface area contributed by atoms with Crippen LogP contribution in [0.15, 0.2) is 37.2 Å². The van der Waals surface area contributed by atoms with Crippen molar-refractivity contribution < 1.29 is 31.1 Å². The third-order valence-electron chi connectivity index (χ3n) is 4.89. The minimum absolute atomic E-state index is 0.0279. The van der Waals surface area contributed by atoms with Crippen molar-refractivity contribution in [1.82, 2.24) is 34.6 Å². The number of nitrogens with zero attached hydrogens (tertiary/aromatic N) is 8. The Morgan fingerprint density at radius 2 is 1.66 bits per heavy atom. The van der Waals surface area contributed by atoms with Gasteiger partial charge in [0, 0.05) is 42.8 Å². The van der Waals surface area contributed by atoms with Crippen molar-refractivity contribution in [1.29, 1.82) is 5.26 Å². The molecule has 3 aromatic heterocycles. The molecule has 0 atom stereocenters. The predicted octanol–water partition coefficient (Wildman–Crippen LogP) is 3.15. The summed E-state index contributed by atoms with van der Waals surface area (Å²) in [5.41, 5.74) is -3.77. The standard InChI is InChI=1S/C20H12F6N8O/c21-19(22,23)15-1-12(2-16(31-15)20(24,25)26)17-30-10-34(32-17)8-14(13-4-28-9-29-5-13)18(35)33-6-11(3-27)7-33/h1-2,4-5,8-11H,6-7H2/b14-8+. The maximum atomic E-state index is 13.1. The molecule has 1 amide bonds. The highest BCUT2D eigenvalue weighted by molar-refractivity contribution is 6.23. The Balaban J connectivity index is 1.73. The Morgan fingerprint density at radius 1 is 1.06 bits per heavy atom. The molecule has 1 aliphatic heterocycles. The molecule has 180 valence electrons. The van der Waals surface area contributed by atoms with Gasteiger partial charge in [-0.05, 0) is 12.1 Å². The average molecular weight is 494 g/mol. The molecule has 0 N–H and O–H groups in total. The van der Waals surface area contributed by atoms with Crippen LogP contribution < -0.4 is 0 Å². The van der Waals surface area contributed by atoms with Gasteiger partial charge in [0.1, 0.15) is 24.0 Å². The third-order valence-corrected chi connectivity index (χ3v) is 4.89. The molecule has 0 bridgehead atoms. The van der Waals surface area contributed by atoms with Gasteiger partial charge in [0.05, 0.1) is 17.6 Å². The third kappa shape index (κ3) is 5.10. The molecule has 3 aromatic rings. The second-order valence-electron chi connectivity index (χ2n) is 7.38. The molecule has 35 heavy (non-hydrogen) atoms. The van der Waals surface area contributed by atoms with Gasteiger partial charge in [0.15, 0.2) is 5.82 Å². The van der Waals surface area contributed by atoms with Crippen LogP contribution >= 0.6 is 0 Å². The van der Waals surface area contributed by atoms with E-state index in [-0.39, 0.29) is 30.1 Å².